The van der Waals surface area contributed by atoms with Gasteiger partial charge in [-0.15, -0.1) is 0 Å². The molecular weight excluding hydrogens is 821 g/mol. The summed E-state index contributed by atoms with van der Waals surface area (Å²) in [4.78, 5) is 4.77. The summed E-state index contributed by atoms with van der Waals surface area (Å²) in [6, 6.07) is 84.5. The van der Waals surface area contributed by atoms with Crippen LogP contribution in [0.2, 0.25) is 0 Å². The SMILES string of the molecule is CC1(C)c2cc(C=Cc3ccc4c(c3)C(C)(C)c3cc(N(c5ccc(-c6ccccc6)cc5)c5ccc6ccccc6c5)ccc3-4)ccc2-c2ccc(N(c3ccccc3)c3ccccc3)cc21. The Labute approximate surface area is 400 Å². The van der Waals surface area contributed by atoms with Crippen LogP contribution in [0.3, 0.4) is 0 Å². The van der Waals surface area contributed by atoms with Crippen LogP contribution < -0.4 is 9.80 Å². The van der Waals surface area contributed by atoms with E-state index in [-0.39, 0.29) is 10.8 Å². The van der Waals surface area contributed by atoms with Gasteiger partial charge in [0.2, 0.25) is 0 Å². The van der Waals surface area contributed by atoms with E-state index in [1.165, 1.54) is 77.5 Å². The molecule has 2 nitrogen and oxygen atoms in total. The summed E-state index contributed by atoms with van der Waals surface area (Å²) < 4.78 is 0. The molecule has 0 fully saturated rings. The Kier molecular flexibility index (Phi) is 9.88. The highest BCUT2D eigenvalue weighted by Gasteiger charge is 2.38. The molecule has 2 heteroatoms. The van der Waals surface area contributed by atoms with Crippen LogP contribution >= 0.6 is 0 Å². The number of fused-ring (bicyclic) bond motifs is 7. The van der Waals surface area contributed by atoms with Crippen LogP contribution in [-0.2, 0) is 10.8 Å². The van der Waals surface area contributed by atoms with Gasteiger partial charge in [-0.1, -0.05) is 198 Å². The lowest BCUT2D eigenvalue weighted by Gasteiger charge is -2.28. The molecule has 2 aliphatic carbocycles. The second kappa shape index (κ2) is 16.3. The van der Waals surface area contributed by atoms with Crippen LogP contribution in [0.25, 0.3) is 56.3 Å². The highest BCUT2D eigenvalue weighted by Crippen LogP contribution is 2.53. The van der Waals surface area contributed by atoms with Crippen molar-refractivity contribution >= 4 is 57.0 Å². The summed E-state index contributed by atoms with van der Waals surface area (Å²) in [5.74, 6) is 0. The Hall–Kier alpha value is -8.20. The molecule has 0 saturated heterocycles. The van der Waals surface area contributed by atoms with Gasteiger partial charge in [-0.25, -0.2) is 0 Å². The fourth-order valence-electron chi connectivity index (χ4n) is 11.0. The van der Waals surface area contributed by atoms with Crippen molar-refractivity contribution < 1.29 is 0 Å². The molecule has 0 spiro atoms. The molecule has 10 aromatic carbocycles. The van der Waals surface area contributed by atoms with Gasteiger partial charge in [0.05, 0.1) is 0 Å². The molecule has 0 heterocycles. The Morgan fingerprint density at radius 2 is 0.632 bits per heavy atom. The number of para-hydroxylation sites is 2. The first-order valence-corrected chi connectivity index (χ1v) is 23.8. The highest BCUT2D eigenvalue weighted by molar-refractivity contribution is 5.92. The third-order valence-electron chi connectivity index (χ3n) is 14.6. The summed E-state index contributed by atoms with van der Waals surface area (Å²) in [5, 5.41) is 2.46. The van der Waals surface area contributed by atoms with Crippen molar-refractivity contribution in [1.82, 2.24) is 0 Å². The van der Waals surface area contributed by atoms with Crippen molar-refractivity contribution in [3.05, 3.63) is 264 Å². The van der Waals surface area contributed by atoms with Gasteiger partial charge in [0.25, 0.3) is 0 Å². The Morgan fingerprint density at radius 3 is 1.15 bits per heavy atom. The molecule has 0 bridgehead atoms. The van der Waals surface area contributed by atoms with Gasteiger partial charge >= 0.3 is 0 Å². The van der Waals surface area contributed by atoms with E-state index < -0.39 is 0 Å². The van der Waals surface area contributed by atoms with E-state index in [1.807, 2.05) is 0 Å². The number of benzene rings is 10. The summed E-state index contributed by atoms with van der Waals surface area (Å²) in [5.41, 5.74) is 22.0. The number of anilines is 6. The van der Waals surface area contributed by atoms with Gasteiger partial charge < -0.3 is 9.80 Å². The molecule has 0 N–H and O–H groups in total. The zero-order chi connectivity index (χ0) is 46.0. The molecule has 68 heavy (non-hydrogen) atoms. The third kappa shape index (κ3) is 7.04. The maximum Gasteiger partial charge on any atom is 0.0468 e. The van der Waals surface area contributed by atoms with Crippen molar-refractivity contribution in [2.45, 2.75) is 38.5 Å². The van der Waals surface area contributed by atoms with E-state index in [0.717, 1.165) is 34.1 Å². The highest BCUT2D eigenvalue weighted by atomic mass is 15.1. The topological polar surface area (TPSA) is 6.48 Å². The van der Waals surface area contributed by atoms with E-state index in [0.29, 0.717) is 0 Å². The van der Waals surface area contributed by atoms with Crippen LogP contribution in [0, 0.1) is 0 Å². The van der Waals surface area contributed by atoms with Gasteiger partial charge in [-0.05, 0) is 150 Å². The zero-order valence-corrected chi connectivity index (χ0v) is 39.0. The first-order valence-electron chi connectivity index (χ1n) is 23.8. The maximum absolute atomic E-state index is 2.43. The van der Waals surface area contributed by atoms with Crippen molar-refractivity contribution in [2.24, 2.45) is 0 Å². The maximum atomic E-state index is 2.43. The van der Waals surface area contributed by atoms with E-state index in [9.17, 15) is 0 Å². The van der Waals surface area contributed by atoms with Crippen molar-refractivity contribution in [2.75, 3.05) is 9.80 Å². The van der Waals surface area contributed by atoms with Gasteiger partial charge in [-0.3, -0.25) is 0 Å². The molecule has 0 amide bonds. The van der Waals surface area contributed by atoms with Crippen LogP contribution in [0.4, 0.5) is 34.1 Å². The molecule has 0 saturated carbocycles. The minimum absolute atomic E-state index is 0.165. The molecule has 12 rings (SSSR count). The van der Waals surface area contributed by atoms with E-state index in [1.54, 1.807) is 0 Å². The van der Waals surface area contributed by atoms with E-state index in [4.69, 9.17) is 0 Å². The third-order valence-corrected chi connectivity index (χ3v) is 14.6. The Morgan fingerprint density at radius 1 is 0.279 bits per heavy atom. The average Bonchev–Trinajstić information content (AvgIpc) is 3.75. The second-order valence-electron chi connectivity index (χ2n) is 19.4. The smallest absolute Gasteiger partial charge is 0.0468 e. The lowest BCUT2D eigenvalue weighted by atomic mass is 9.81. The number of rotatable bonds is 9. The minimum atomic E-state index is -0.199. The summed E-state index contributed by atoms with van der Waals surface area (Å²) >= 11 is 0. The van der Waals surface area contributed by atoms with Gasteiger partial charge in [0, 0.05) is 45.0 Å². The lowest BCUT2D eigenvalue weighted by Crippen LogP contribution is -2.16. The molecule has 0 unspecified atom stereocenters. The fourth-order valence-corrected chi connectivity index (χ4v) is 11.0. The minimum Gasteiger partial charge on any atom is -0.310 e. The molecule has 326 valence electrons. The van der Waals surface area contributed by atoms with Crippen LogP contribution in [0.5, 0.6) is 0 Å². The molecule has 0 atom stereocenters. The Bertz CT molecular complexity index is 3510. The summed E-state index contributed by atoms with van der Waals surface area (Å²) in [6.07, 6.45) is 4.58. The number of nitrogens with zero attached hydrogens (tertiary/aromatic N) is 2. The molecule has 10 aromatic rings. The van der Waals surface area contributed by atoms with Gasteiger partial charge in [0.1, 0.15) is 0 Å². The monoisotopic (exact) mass is 872 g/mol. The Balaban J connectivity index is 0.843. The molecular formula is C66H52N2. The molecule has 0 radical (unpaired) electrons. The first kappa shape index (κ1) is 41.2. The summed E-state index contributed by atoms with van der Waals surface area (Å²) in [7, 11) is 0. The molecule has 0 aromatic heterocycles. The van der Waals surface area contributed by atoms with Gasteiger partial charge in [-0.2, -0.15) is 0 Å². The van der Waals surface area contributed by atoms with Crippen molar-refractivity contribution in [1.29, 1.82) is 0 Å². The van der Waals surface area contributed by atoms with E-state index >= 15 is 0 Å². The van der Waals surface area contributed by atoms with Crippen molar-refractivity contribution in [3.8, 4) is 33.4 Å². The molecule has 2 aliphatic rings. The quantitative estimate of drug-likeness (QED) is 0.133. The average molecular weight is 873 g/mol. The van der Waals surface area contributed by atoms with Crippen LogP contribution in [0.15, 0.2) is 231 Å². The number of hydrogen-bond donors (Lipinski definition) is 0. The second-order valence-corrected chi connectivity index (χ2v) is 19.4. The summed E-state index contributed by atoms with van der Waals surface area (Å²) in [6.45, 7) is 9.51. The largest absolute Gasteiger partial charge is 0.310 e. The van der Waals surface area contributed by atoms with Crippen LogP contribution in [0.1, 0.15) is 61.1 Å². The standard InChI is InChI=1S/C66H52N2/c1-65(2)61-40-45(26-36-57(61)59-38-34-55(43-63(59)65)67(51-20-10-6-11-21-51)52-22-12-7-13-23-52)24-25-46-27-37-58-60-39-35-56(44-64(60)66(3,4)62(58)41-46)68(54-33-30-48-18-14-15-19-50(48)42-54)53-31-28-49(29-32-53)47-16-8-5-9-17-47/h5-44H,1-4H3. The first-order chi connectivity index (χ1) is 33.2. The van der Waals surface area contributed by atoms with Crippen molar-refractivity contribution in [3.63, 3.8) is 0 Å². The predicted octanol–water partition coefficient (Wildman–Crippen LogP) is 18.2. The normalized spacial score (nSPS) is 13.8. The lowest BCUT2D eigenvalue weighted by molar-refractivity contribution is 0.660. The molecule has 0 aliphatic heterocycles. The zero-order valence-electron chi connectivity index (χ0n) is 39.0. The van der Waals surface area contributed by atoms with Gasteiger partial charge in [0.15, 0.2) is 0 Å². The predicted molar refractivity (Wildman–Crippen MR) is 289 cm³/mol. The number of hydrogen-bond acceptors (Lipinski definition) is 2. The van der Waals surface area contributed by atoms with E-state index in [2.05, 4.69) is 280 Å². The fraction of sp³-hybridized carbons (Fsp3) is 0.0909. The van der Waals surface area contributed by atoms with Crippen LogP contribution in [-0.4, -0.2) is 0 Å².